The summed E-state index contributed by atoms with van der Waals surface area (Å²) in [7, 11) is -3.79. The molecule has 0 fully saturated rings. The summed E-state index contributed by atoms with van der Waals surface area (Å²) in [6, 6.07) is 21.0. The van der Waals surface area contributed by atoms with Gasteiger partial charge in [-0.25, -0.2) is 18.5 Å². The van der Waals surface area contributed by atoms with Crippen molar-refractivity contribution in [3.05, 3.63) is 94.3 Å². The predicted octanol–water partition coefficient (Wildman–Crippen LogP) is 5.55. The van der Waals surface area contributed by atoms with Gasteiger partial charge in [-0.3, -0.25) is 0 Å². The molecule has 0 saturated carbocycles. The van der Waals surface area contributed by atoms with Crippen LogP contribution in [0.1, 0.15) is 11.5 Å². The van der Waals surface area contributed by atoms with Gasteiger partial charge in [0.05, 0.1) is 9.92 Å². The summed E-state index contributed by atoms with van der Waals surface area (Å²) in [5.74, 6) is 0.985. The van der Waals surface area contributed by atoms with Gasteiger partial charge in [-0.05, 0) is 48.0 Å². The third kappa shape index (κ3) is 4.42. The van der Waals surface area contributed by atoms with Gasteiger partial charge in [-0.15, -0.1) is 0 Å². The van der Waals surface area contributed by atoms with E-state index in [-0.39, 0.29) is 4.90 Å². The number of aromatic nitrogens is 1. The Morgan fingerprint density at radius 2 is 1.63 bits per heavy atom. The van der Waals surface area contributed by atoms with Gasteiger partial charge in [0.1, 0.15) is 5.69 Å². The molecule has 1 heterocycles. The Morgan fingerprint density at radius 3 is 2.27 bits per heavy atom. The first-order valence-electron chi connectivity index (χ1n) is 8.93. The average Bonchev–Trinajstić information content (AvgIpc) is 3.11. The monoisotopic (exact) mass is 458 g/mol. The van der Waals surface area contributed by atoms with Gasteiger partial charge in [0.25, 0.3) is 0 Å². The van der Waals surface area contributed by atoms with Crippen LogP contribution in [0.25, 0.3) is 22.6 Å². The molecule has 2 N–H and O–H groups in total. The zero-order chi connectivity index (χ0) is 21.3. The standard InChI is InChI=1S/C22H16Cl2N2O3S/c23-16-8-11-18(19(24)13-16)21-22(15-6-9-17(10-7-15)30(25,27)28)29-20(26-21)12-14-4-2-1-3-5-14/h1-11,13H,12H2,(H2,25,27,28). The second-order valence-corrected chi connectivity index (χ2v) is 9.05. The number of halogens is 2. The van der Waals surface area contributed by atoms with Gasteiger partial charge >= 0.3 is 0 Å². The molecule has 5 nitrogen and oxygen atoms in total. The van der Waals surface area contributed by atoms with Gasteiger partial charge in [-0.1, -0.05) is 53.5 Å². The zero-order valence-electron chi connectivity index (χ0n) is 15.5. The minimum absolute atomic E-state index is 0.0151. The molecule has 1 aromatic heterocycles. The van der Waals surface area contributed by atoms with E-state index in [1.54, 1.807) is 30.3 Å². The first-order chi connectivity index (χ1) is 14.3. The van der Waals surface area contributed by atoms with E-state index in [0.717, 1.165) is 5.56 Å². The average molecular weight is 459 g/mol. The van der Waals surface area contributed by atoms with E-state index in [1.165, 1.54) is 12.1 Å². The molecule has 0 bridgehead atoms. The van der Waals surface area contributed by atoms with Crippen LogP contribution in [0.4, 0.5) is 0 Å². The fourth-order valence-corrected chi connectivity index (χ4v) is 4.08. The molecule has 0 saturated heterocycles. The van der Waals surface area contributed by atoms with Crippen LogP contribution < -0.4 is 5.14 Å². The first kappa shape index (κ1) is 20.6. The molecule has 0 unspecified atom stereocenters. The van der Waals surface area contributed by atoms with Gasteiger partial charge in [-0.2, -0.15) is 0 Å². The second kappa shape index (κ2) is 8.24. The fraction of sp³-hybridized carbons (Fsp3) is 0.0455. The molecule has 30 heavy (non-hydrogen) atoms. The quantitative estimate of drug-likeness (QED) is 0.424. The lowest BCUT2D eigenvalue weighted by Crippen LogP contribution is -2.11. The van der Waals surface area contributed by atoms with Crippen LogP contribution in [0.2, 0.25) is 10.0 Å². The number of hydrogen-bond acceptors (Lipinski definition) is 4. The summed E-state index contributed by atoms with van der Waals surface area (Å²) < 4.78 is 29.2. The van der Waals surface area contributed by atoms with E-state index in [2.05, 4.69) is 4.98 Å². The van der Waals surface area contributed by atoms with Crippen molar-refractivity contribution in [1.29, 1.82) is 0 Å². The lowest BCUT2D eigenvalue weighted by atomic mass is 10.1. The number of oxazole rings is 1. The van der Waals surface area contributed by atoms with E-state index < -0.39 is 10.0 Å². The number of sulfonamides is 1. The lowest BCUT2D eigenvalue weighted by Gasteiger charge is -2.05. The maximum Gasteiger partial charge on any atom is 0.238 e. The molecular formula is C22H16Cl2N2O3S. The third-order valence-electron chi connectivity index (χ3n) is 4.50. The maximum absolute atomic E-state index is 11.6. The van der Waals surface area contributed by atoms with Gasteiger partial charge < -0.3 is 4.42 Å². The topological polar surface area (TPSA) is 86.2 Å². The van der Waals surface area contributed by atoms with Crippen LogP contribution in [-0.4, -0.2) is 13.4 Å². The molecule has 4 rings (SSSR count). The molecule has 0 spiro atoms. The number of benzene rings is 3. The molecule has 0 radical (unpaired) electrons. The third-order valence-corrected chi connectivity index (χ3v) is 5.98. The Kier molecular flexibility index (Phi) is 5.66. The van der Waals surface area contributed by atoms with Crippen molar-refractivity contribution < 1.29 is 12.8 Å². The highest BCUT2D eigenvalue weighted by Crippen LogP contribution is 2.38. The fourth-order valence-electron chi connectivity index (χ4n) is 3.07. The SMILES string of the molecule is NS(=O)(=O)c1ccc(-c2oc(Cc3ccccc3)nc2-c2ccc(Cl)cc2Cl)cc1. The normalized spacial score (nSPS) is 11.6. The van der Waals surface area contributed by atoms with E-state index in [9.17, 15) is 8.42 Å². The Bertz CT molecular complexity index is 1300. The molecule has 0 aliphatic heterocycles. The summed E-state index contributed by atoms with van der Waals surface area (Å²) in [6.45, 7) is 0. The lowest BCUT2D eigenvalue weighted by molar-refractivity contribution is 0.519. The first-order valence-corrected chi connectivity index (χ1v) is 11.2. The molecule has 0 aliphatic carbocycles. The van der Waals surface area contributed by atoms with Crippen molar-refractivity contribution in [3.63, 3.8) is 0 Å². The van der Waals surface area contributed by atoms with Crippen molar-refractivity contribution in [3.8, 4) is 22.6 Å². The van der Waals surface area contributed by atoms with Crippen LogP contribution in [0.15, 0.2) is 82.1 Å². The summed E-state index contributed by atoms with van der Waals surface area (Å²) in [5, 5.41) is 6.14. The molecule has 0 amide bonds. The summed E-state index contributed by atoms with van der Waals surface area (Å²) >= 11 is 12.5. The molecule has 3 aromatic carbocycles. The van der Waals surface area contributed by atoms with Gasteiger partial charge in [0.2, 0.25) is 10.0 Å². The van der Waals surface area contributed by atoms with Crippen LogP contribution in [0.3, 0.4) is 0 Å². The van der Waals surface area contributed by atoms with Crippen LogP contribution in [0.5, 0.6) is 0 Å². The summed E-state index contributed by atoms with van der Waals surface area (Å²) in [6.07, 6.45) is 0.494. The van der Waals surface area contributed by atoms with Crippen LogP contribution in [0, 0.1) is 0 Å². The van der Waals surface area contributed by atoms with Crippen molar-refractivity contribution >= 4 is 33.2 Å². The van der Waals surface area contributed by atoms with E-state index in [0.29, 0.717) is 44.9 Å². The Morgan fingerprint density at radius 1 is 0.933 bits per heavy atom. The molecule has 152 valence electrons. The van der Waals surface area contributed by atoms with E-state index in [4.69, 9.17) is 32.8 Å². The highest BCUT2D eigenvalue weighted by Gasteiger charge is 2.20. The number of primary sulfonamides is 1. The molecule has 4 aromatic rings. The van der Waals surface area contributed by atoms with Gasteiger partial charge in [0, 0.05) is 22.6 Å². The minimum atomic E-state index is -3.79. The predicted molar refractivity (Wildman–Crippen MR) is 118 cm³/mol. The van der Waals surface area contributed by atoms with Crippen LogP contribution in [-0.2, 0) is 16.4 Å². The number of nitrogens with zero attached hydrogens (tertiary/aromatic N) is 1. The smallest absolute Gasteiger partial charge is 0.238 e. The Hall–Kier alpha value is -2.64. The van der Waals surface area contributed by atoms with Crippen molar-refractivity contribution in [2.24, 2.45) is 5.14 Å². The summed E-state index contributed by atoms with van der Waals surface area (Å²) in [5.41, 5.74) is 2.90. The molecule has 8 heteroatoms. The van der Waals surface area contributed by atoms with E-state index in [1.807, 2.05) is 30.3 Å². The molecule has 0 aliphatic rings. The van der Waals surface area contributed by atoms with Crippen molar-refractivity contribution in [1.82, 2.24) is 4.98 Å². The largest absolute Gasteiger partial charge is 0.440 e. The molecular weight excluding hydrogens is 443 g/mol. The maximum atomic E-state index is 11.6. The zero-order valence-corrected chi connectivity index (χ0v) is 17.9. The summed E-state index contributed by atoms with van der Waals surface area (Å²) in [4.78, 5) is 4.69. The number of hydrogen-bond donors (Lipinski definition) is 1. The Balaban J connectivity index is 1.83. The highest BCUT2D eigenvalue weighted by atomic mass is 35.5. The molecule has 0 atom stereocenters. The Labute approximate surface area is 184 Å². The number of nitrogens with two attached hydrogens (primary N) is 1. The second-order valence-electron chi connectivity index (χ2n) is 6.64. The number of rotatable bonds is 5. The van der Waals surface area contributed by atoms with E-state index >= 15 is 0 Å². The minimum Gasteiger partial charge on any atom is -0.440 e. The van der Waals surface area contributed by atoms with Crippen molar-refractivity contribution in [2.75, 3.05) is 0 Å². The van der Waals surface area contributed by atoms with Crippen molar-refractivity contribution in [2.45, 2.75) is 11.3 Å². The van der Waals surface area contributed by atoms with Gasteiger partial charge in [0.15, 0.2) is 11.7 Å². The highest BCUT2D eigenvalue weighted by molar-refractivity contribution is 7.89. The van der Waals surface area contributed by atoms with Crippen LogP contribution >= 0.6 is 23.2 Å².